The van der Waals surface area contributed by atoms with Crippen molar-refractivity contribution in [2.24, 2.45) is 0 Å². The Bertz CT molecular complexity index is 234. The standard InChI is InChI=1S/C19H38O5/c1-3-4-5-6-7-8-9-10-11-12-19(20)24-18-17-23-16-15-22-14-13-21-2/h3-18H2,1-2H3. The first-order valence-electron chi connectivity index (χ1n) is 9.61. The molecule has 0 aliphatic rings. The first-order chi connectivity index (χ1) is 11.8. The van der Waals surface area contributed by atoms with Crippen molar-refractivity contribution in [2.75, 3.05) is 46.8 Å². The van der Waals surface area contributed by atoms with Gasteiger partial charge in [-0.05, 0) is 6.42 Å². The van der Waals surface area contributed by atoms with Crippen LogP contribution in [0.4, 0.5) is 0 Å². The molecule has 0 amide bonds. The van der Waals surface area contributed by atoms with Crippen molar-refractivity contribution in [3.63, 3.8) is 0 Å². The monoisotopic (exact) mass is 346 g/mol. The van der Waals surface area contributed by atoms with E-state index in [1.165, 1.54) is 44.9 Å². The lowest BCUT2D eigenvalue weighted by Gasteiger charge is -2.07. The lowest BCUT2D eigenvalue weighted by molar-refractivity contribution is -0.145. The van der Waals surface area contributed by atoms with Gasteiger partial charge in [-0.15, -0.1) is 0 Å². The van der Waals surface area contributed by atoms with Crippen LogP contribution in [0.3, 0.4) is 0 Å². The first-order valence-corrected chi connectivity index (χ1v) is 9.61. The van der Waals surface area contributed by atoms with Crippen LogP contribution in [0.1, 0.15) is 71.1 Å². The molecule has 5 heteroatoms. The first kappa shape index (κ1) is 23.4. The lowest BCUT2D eigenvalue weighted by Crippen LogP contribution is -2.13. The van der Waals surface area contributed by atoms with Crippen LogP contribution >= 0.6 is 0 Å². The lowest BCUT2D eigenvalue weighted by atomic mass is 10.1. The third-order valence-electron chi connectivity index (χ3n) is 3.78. The summed E-state index contributed by atoms with van der Waals surface area (Å²) in [6.45, 7) is 5.22. The highest BCUT2D eigenvalue weighted by Gasteiger charge is 2.02. The molecule has 0 bridgehead atoms. The Morgan fingerprint density at radius 1 is 0.667 bits per heavy atom. The summed E-state index contributed by atoms with van der Waals surface area (Å²) < 4.78 is 20.6. The van der Waals surface area contributed by atoms with Gasteiger partial charge < -0.3 is 18.9 Å². The molecule has 0 saturated heterocycles. The molecular weight excluding hydrogens is 308 g/mol. The van der Waals surface area contributed by atoms with Crippen LogP contribution in [0.25, 0.3) is 0 Å². The predicted octanol–water partition coefficient (Wildman–Crippen LogP) is 4.13. The zero-order valence-electron chi connectivity index (χ0n) is 15.9. The maximum absolute atomic E-state index is 11.5. The summed E-state index contributed by atoms with van der Waals surface area (Å²) in [5.41, 5.74) is 0. The molecule has 0 heterocycles. The van der Waals surface area contributed by atoms with E-state index in [2.05, 4.69) is 6.92 Å². The molecule has 0 saturated carbocycles. The number of ether oxygens (including phenoxy) is 4. The minimum Gasteiger partial charge on any atom is -0.463 e. The van der Waals surface area contributed by atoms with Crippen LogP contribution in [0, 0.1) is 0 Å². The van der Waals surface area contributed by atoms with Crippen LogP contribution in [0.5, 0.6) is 0 Å². The molecule has 0 N–H and O–H groups in total. The third-order valence-corrected chi connectivity index (χ3v) is 3.78. The number of rotatable bonds is 19. The Kier molecular flexibility index (Phi) is 19.8. The molecule has 0 atom stereocenters. The number of hydrogen-bond donors (Lipinski definition) is 0. The van der Waals surface area contributed by atoms with E-state index >= 15 is 0 Å². The van der Waals surface area contributed by atoms with Gasteiger partial charge in [0.25, 0.3) is 0 Å². The van der Waals surface area contributed by atoms with E-state index in [-0.39, 0.29) is 5.97 Å². The summed E-state index contributed by atoms with van der Waals surface area (Å²) >= 11 is 0. The van der Waals surface area contributed by atoms with Gasteiger partial charge in [-0.2, -0.15) is 0 Å². The molecule has 144 valence electrons. The van der Waals surface area contributed by atoms with Gasteiger partial charge in [0.2, 0.25) is 0 Å². The summed E-state index contributed by atoms with van der Waals surface area (Å²) in [4.78, 5) is 11.5. The fraction of sp³-hybridized carbons (Fsp3) is 0.947. The van der Waals surface area contributed by atoms with Crippen LogP contribution in [-0.4, -0.2) is 52.7 Å². The maximum atomic E-state index is 11.5. The minimum atomic E-state index is -0.113. The van der Waals surface area contributed by atoms with Crippen molar-refractivity contribution < 1.29 is 23.7 Å². The van der Waals surface area contributed by atoms with Crippen LogP contribution in [0.15, 0.2) is 0 Å². The Morgan fingerprint density at radius 2 is 1.17 bits per heavy atom. The van der Waals surface area contributed by atoms with Crippen molar-refractivity contribution in [2.45, 2.75) is 71.1 Å². The topological polar surface area (TPSA) is 54.0 Å². The highest BCUT2D eigenvalue weighted by molar-refractivity contribution is 5.69. The van der Waals surface area contributed by atoms with Crippen molar-refractivity contribution in [3.8, 4) is 0 Å². The van der Waals surface area contributed by atoms with Crippen LogP contribution in [-0.2, 0) is 23.7 Å². The summed E-state index contributed by atoms with van der Waals surface area (Å²) in [6, 6.07) is 0. The fourth-order valence-corrected chi connectivity index (χ4v) is 2.33. The highest BCUT2D eigenvalue weighted by Crippen LogP contribution is 2.10. The average Bonchev–Trinajstić information content (AvgIpc) is 2.59. The molecule has 0 aromatic heterocycles. The highest BCUT2D eigenvalue weighted by atomic mass is 16.6. The SMILES string of the molecule is CCCCCCCCCCCC(=O)OCCOCCOCCOC. The van der Waals surface area contributed by atoms with Crippen molar-refractivity contribution in [1.82, 2.24) is 0 Å². The Balaban J connectivity index is 3.13. The van der Waals surface area contributed by atoms with Gasteiger partial charge in [-0.25, -0.2) is 0 Å². The molecule has 0 aromatic rings. The number of carbonyl (C=O) groups excluding carboxylic acids is 1. The third kappa shape index (κ3) is 19.4. The molecule has 0 aliphatic heterocycles. The van der Waals surface area contributed by atoms with Crippen molar-refractivity contribution in [1.29, 1.82) is 0 Å². The van der Waals surface area contributed by atoms with Gasteiger partial charge in [-0.1, -0.05) is 58.3 Å². The van der Waals surface area contributed by atoms with E-state index in [1.807, 2.05) is 0 Å². The zero-order chi connectivity index (χ0) is 17.7. The summed E-state index contributed by atoms with van der Waals surface area (Å²) in [7, 11) is 1.64. The van der Waals surface area contributed by atoms with E-state index in [4.69, 9.17) is 18.9 Å². The predicted molar refractivity (Wildman–Crippen MR) is 96.3 cm³/mol. The molecule has 5 nitrogen and oxygen atoms in total. The molecule has 0 aromatic carbocycles. The van der Waals surface area contributed by atoms with E-state index in [1.54, 1.807) is 7.11 Å². The number of unbranched alkanes of at least 4 members (excludes halogenated alkanes) is 8. The number of methoxy groups -OCH3 is 1. The quantitative estimate of drug-likeness (QED) is 0.260. The number of esters is 1. The smallest absolute Gasteiger partial charge is 0.305 e. The van der Waals surface area contributed by atoms with E-state index in [0.717, 1.165) is 12.8 Å². The van der Waals surface area contributed by atoms with E-state index < -0.39 is 0 Å². The van der Waals surface area contributed by atoms with Gasteiger partial charge >= 0.3 is 5.97 Å². The van der Waals surface area contributed by atoms with Gasteiger partial charge in [0, 0.05) is 13.5 Å². The molecule has 0 spiro atoms. The molecule has 0 aliphatic carbocycles. The maximum Gasteiger partial charge on any atom is 0.305 e. The van der Waals surface area contributed by atoms with Gasteiger partial charge in [0.15, 0.2) is 0 Å². The second kappa shape index (κ2) is 20.4. The zero-order valence-corrected chi connectivity index (χ0v) is 15.9. The fourth-order valence-electron chi connectivity index (χ4n) is 2.33. The van der Waals surface area contributed by atoms with Gasteiger partial charge in [0.05, 0.1) is 33.0 Å². The normalized spacial score (nSPS) is 10.9. The number of hydrogen-bond acceptors (Lipinski definition) is 5. The molecule has 0 rings (SSSR count). The second-order valence-electron chi connectivity index (χ2n) is 6.02. The Morgan fingerprint density at radius 3 is 1.75 bits per heavy atom. The largest absolute Gasteiger partial charge is 0.463 e. The molecule has 24 heavy (non-hydrogen) atoms. The van der Waals surface area contributed by atoms with Crippen LogP contribution < -0.4 is 0 Å². The van der Waals surface area contributed by atoms with E-state index in [0.29, 0.717) is 46.1 Å². The van der Waals surface area contributed by atoms with Crippen molar-refractivity contribution >= 4 is 5.97 Å². The molecular formula is C19H38O5. The van der Waals surface area contributed by atoms with Gasteiger partial charge in [-0.3, -0.25) is 4.79 Å². The number of carbonyl (C=O) groups is 1. The Hall–Kier alpha value is -0.650. The van der Waals surface area contributed by atoms with E-state index in [9.17, 15) is 4.79 Å². The Labute approximate surface area is 148 Å². The molecule has 0 radical (unpaired) electrons. The summed E-state index contributed by atoms with van der Waals surface area (Å²) in [5, 5.41) is 0. The molecule has 0 fully saturated rings. The van der Waals surface area contributed by atoms with Crippen LogP contribution in [0.2, 0.25) is 0 Å². The minimum absolute atomic E-state index is 0.113. The van der Waals surface area contributed by atoms with Gasteiger partial charge in [0.1, 0.15) is 6.61 Å². The average molecular weight is 347 g/mol. The van der Waals surface area contributed by atoms with Crippen molar-refractivity contribution in [3.05, 3.63) is 0 Å². The second-order valence-corrected chi connectivity index (χ2v) is 6.02. The summed E-state index contributed by atoms with van der Waals surface area (Å²) in [6.07, 6.45) is 11.8. The molecule has 0 unspecified atom stereocenters. The summed E-state index contributed by atoms with van der Waals surface area (Å²) in [5.74, 6) is -0.113.